The van der Waals surface area contributed by atoms with Crippen LogP contribution in [-0.2, 0) is 16.4 Å². The number of nitrogens with zero attached hydrogens (tertiary/aromatic N) is 2. The van der Waals surface area contributed by atoms with Crippen molar-refractivity contribution in [2.75, 3.05) is 31.9 Å². The van der Waals surface area contributed by atoms with Gasteiger partial charge in [-0.25, -0.2) is 12.7 Å². The summed E-state index contributed by atoms with van der Waals surface area (Å²) in [6.45, 7) is 8.97. The molecule has 0 saturated carbocycles. The zero-order valence-electron chi connectivity index (χ0n) is 17.2. The molecule has 0 radical (unpaired) electrons. The lowest BCUT2D eigenvalue weighted by molar-refractivity contribution is 0.306. The third kappa shape index (κ3) is 8.54. The van der Waals surface area contributed by atoms with Gasteiger partial charge in [0.25, 0.3) is 0 Å². The Morgan fingerprint density at radius 3 is 2.64 bits per heavy atom. The highest BCUT2D eigenvalue weighted by Gasteiger charge is 2.27. The van der Waals surface area contributed by atoms with Gasteiger partial charge in [0.2, 0.25) is 10.0 Å². The van der Waals surface area contributed by atoms with Crippen molar-refractivity contribution in [1.29, 1.82) is 0 Å². The number of sulfonamides is 1. The standard InChI is InChI=1S/C19H34N4O2S2.HI/c1-4-13-27(24,25)23-10-8-17(9-11-23)22-19(20-5-2)21-15-16(3)14-18-7-6-12-26-18;/h6-7,12,16-17H,4-5,8-11,13-15H2,1-3H3,(H2,20,21,22);1H. The summed E-state index contributed by atoms with van der Waals surface area (Å²) in [5, 5.41) is 8.93. The Morgan fingerprint density at radius 1 is 1.36 bits per heavy atom. The molecular weight excluding hydrogens is 507 g/mol. The molecule has 1 atom stereocenters. The molecule has 1 aromatic rings. The molecule has 162 valence electrons. The second kappa shape index (κ2) is 13.0. The van der Waals surface area contributed by atoms with E-state index in [1.54, 1.807) is 15.6 Å². The smallest absolute Gasteiger partial charge is 0.214 e. The Bertz CT molecular complexity index is 672. The Balaban J connectivity index is 0.00000392. The van der Waals surface area contributed by atoms with Crippen molar-refractivity contribution in [3.8, 4) is 0 Å². The first kappa shape index (κ1) is 25.6. The molecule has 0 spiro atoms. The largest absolute Gasteiger partial charge is 0.357 e. The second-order valence-electron chi connectivity index (χ2n) is 7.24. The fourth-order valence-corrected chi connectivity index (χ4v) is 5.67. The van der Waals surface area contributed by atoms with Crippen molar-refractivity contribution >= 4 is 51.3 Å². The molecule has 0 aliphatic carbocycles. The molecular formula is C19H35IN4O2S2. The maximum absolute atomic E-state index is 12.2. The highest BCUT2D eigenvalue weighted by molar-refractivity contribution is 14.0. The Labute approximate surface area is 191 Å². The van der Waals surface area contributed by atoms with Gasteiger partial charge in [0.05, 0.1) is 5.75 Å². The van der Waals surface area contributed by atoms with Gasteiger partial charge in [-0.15, -0.1) is 35.3 Å². The maximum atomic E-state index is 12.2. The first-order chi connectivity index (χ1) is 12.9. The van der Waals surface area contributed by atoms with Gasteiger partial charge < -0.3 is 10.6 Å². The molecule has 2 N–H and O–H groups in total. The number of hydrogen-bond acceptors (Lipinski definition) is 4. The molecule has 1 aromatic heterocycles. The summed E-state index contributed by atoms with van der Waals surface area (Å²) in [5.41, 5.74) is 0. The fraction of sp³-hybridized carbons (Fsp3) is 0.737. The van der Waals surface area contributed by atoms with E-state index >= 15 is 0 Å². The SMILES string of the molecule is CCCS(=O)(=O)N1CCC(NC(=NCC(C)Cc2cccs2)NCC)CC1.I. The van der Waals surface area contributed by atoms with E-state index in [0.717, 1.165) is 38.3 Å². The van der Waals surface area contributed by atoms with E-state index in [4.69, 9.17) is 4.99 Å². The first-order valence-electron chi connectivity index (χ1n) is 9.99. The first-order valence-corrected chi connectivity index (χ1v) is 12.5. The van der Waals surface area contributed by atoms with Crippen LogP contribution < -0.4 is 10.6 Å². The fourth-order valence-electron chi connectivity index (χ4n) is 3.26. The van der Waals surface area contributed by atoms with Gasteiger partial charge in [-0.3, -0.25) is 4.99 Å². The van der Waals surface area contributed by atoms with Crippen LogP contribution in [0, 0.1) is 5.92 Å². The third-order valence-electron chi connectivity index (χ3n) is 4.69. The zero-order valence-corrected chi connectivity index (χ0v) is 21.1. The number of nitrogens with one attached hydrogen (secondary N) is 2. The number of thiophene rings is 1. The summed E-state index contributed by atoms with van der Waals surface area (Å²) >= 11 is 1.80. The molecule has 9 heteroatoms. The van der Waals surface area contributed by atoms with Gasteiger partial charge in [0.1, 0.15) is 0 Å². The molecule has 1 saturated heterocycles. The minimum atomic E-state index is -3.08. The summed E-state index contributed by atoms with van der Waals surface area (Å²) in [4.78, 5) is 6.15. The summed E-state index contributed by atoms with van der Waals surface area (Å²) in [6.07, 6.45) is 3.35. The monoisotopic (exact) mass is 542 g/mol. The highest BCUT2D eigenvalue weighted by atomic mass is 127. The minimum Gasteiger partial charge on any atom is -0.357 e. The van der Waals surface area contributed by atoms with E-state index in [0.29, 0.717) is 25.4 Å². The molecule has 0 amide bonds. The maximum Gasteiger partial charge on any atom is 0.214 e. The molecule has 2 rings (SSSR count). The van der Waals surface area contributed by atoms with E-state index in [1.807, 2.05) is 6.92 Å². The van der Waals surface area contributed by atoms with Crippen LogP contribution >= 0.6 is 35.3 Å². The summed E-state index contributed by atoms with van der Waals surface area (Å²) < 4.78 is 26.0. The minimum absolute atomic E-state index is 0. The lowest BCUT2D eigenvalue weighted by Crippen LogP contribution is -2.50. The topological polar surface area (TPSA) is 73.8 Å². The quantitative estimate of drug-likeness (QED) is 0.286. The Morgan fingerprint density at radius 2 is 2.07 bits per heavy atom. The molecule has 1 unspecified atom stereocenters. The van der Waals surface area contributed by atoms with Gasteiger partial charge in [-0.1, -0.05) is 19.9 Å². The van der Waals surface area contributed by atoms with Crippen LogP contribution in [0.15, 0.2) is 22.5 Å². The third-order valence-corrected chi connectivity index (χ3v) is 7.66. The van der Waals surface area contributed by atoms with E-state index in [1.165, 1.54) is 4.88 Å². The van der Waals surface area contributed by atoms with Crippen molar-refractivity contribution in [2.45, 2.75) is 52.5 Å². The summed E-state index contributed by atoms with van der Waals surface area (Å²) in [5.74, 6) is 1.57. The van der Waals surface area contributed by atoms with Crippen molar-refractivity contribution in [1.82, 2.24) is 14.9 Å². The number of aliphatic imine (C=N–C) groups is 1. The van der Waals surface area contributed by atoms with Crippen LogP contribution in [0.4, 0.5) is 0 Å². The van der Waals surface area contributed by atoms with Gasteiger partial charge >= 0.3 is 0 Å². The van der Waals surface area contributed by atoms with Crippen molar-refractivity contribution in [2.24, 2.45) is 10.9 Å². The van der Waals surface area contributed by atoms with E-state index in [9.17, 15) is 8.42 Å². The van der Waals surface area contributed by atoms with E-state index in [-0.39, 0.29) is 35.8 Å². The van der Waals surface area contributed by atoms with E-state index in [2.05, 4.69) is 42.0 Å². The summed E-state index contributed by atoms with van der Waals surface area (Å²) in [6, 6.07) is 4.53. The molecule has 0 aromatic carbocycles. The highest BCUT2D eigenvalue weighted by Crippen LogP contribution is 2.16. The predicted octanol–water partition coefficient (Wildman–Crippen LogP) is 3.30. The van der Waals surface area contributed by atoms with Crippen LogP contribution in [0.2, 0.25) is 0 Å². The van der Waals surface area contributed by atoms with Crippen LogP contribution in [0.5, 0.6) is 0 Å². The number of guanidine groups is 1. The van der Waals surface area contributed by atoms with Gasteiger partial charge in [0.15, 0.2) is 5.96 Å². The van der Waals surface area contributed by atoms with Crippen LogP contribution in [-0.4, -0.2) is 56.7 Å². The van der Waals surface area contributed by atoms with Crippen LogP contribution in [0.25, 0.3) is 0 Å². The van der Waals surface area contributed by atoms with Crippen LogP contribution in [0.3, 0.4) is 0 Å². The lowest BCUT2D eigenvalue weighted by atomic mass is 10.1. The molecule has 6 nitrogen and oxygen atoms in total. The van der Waals surface area contributed by atoms with Crippen molar-refractivity contribution in [3.63, 3.8) is 0 Å². The van der Waals surface area contributed by atoms with Crippen molar-refractivity contribution in [3.05, 3.63) is 22.4 Å². The Kier molecular flexibility index (Phi) is 11.9. The second-order valence-corrected chi connectivity index (χ2v) is 10.4. The van der Waals surface area contributed by atoms with Crippen molar-refractivity contribution < 1.29 is 8.42 Å². The number of rotatable bonds is 9. The zero-order chi connectivity index (χ0) is 19.7. The predicted molar refractivity (Wildman–Crippen MR) is 130 cm³/mol. The average molecular weight is 543 g/mol. The van der Waals surface area contributed by atoms with E-state index < -0.39 is 10.0 Å². The molecule has 1 aliphatic heterocycles. The molecule has 28 heavy (non-hydrogen) atoms. The number of hydrogen-bond donors (Lipinski definition) is 2. The molecule has 2 heterocycles. The van der Waals surface area contributed by atoms with Crippen LogP contribution in [0.1, 0.15) is 44.9 Å². The molecule has 1 fully saturated rings. The Hall–Kier alpha value is -0.390. The molecule has 1 aliphatic rings. The normalized spacial score (nSPS) is 17.8. The lowest BCUT2D eigenvalue weighted by Gasteiger charge is -2.32. The summed E-state index contributed by atoms with van der Waals surface area (Å²) in [7, 11) is -3.08. The van der Waals surface area contributed by atoms with Gasteiger partial charge in [-0.2, -0.15) is 0 Å². The number of halogens is 1. The number of piperidine rings is 1. The average Bonchev–Trinajstić information content (AvgIpc) is 3.13. The van der Waals surface area contributed by atoms with Gasteiger partial charge in [0, 0.05) is 37.1 Å². The molecule has 0 bridgehead atoms. The van der Waals surface area contributed by atoms with Gasteiger partial charge in [-0.05, 0) is 50.0 Å².